The lowest BCUT2D eigenvalue weighted by atomic mass is 9.97. The van der Waals surface area contributed by atoms with Gasteiger partial charge in [0, 0.05) is 30.4 Å². The maximum Gasteiger partial charge on any atom is 0.0470 e. The van der Waals surface area contributed by atoms with E-state index in [1.807, 2.05) is 0 Å². The monoisotopic (exact) mass is 260 g/mol. The predicted octanol–water partition coefficient (Wildman–Crippen LogP) is 3.52. The molecule has 1 saturated heterocycles. The zero-order valence-electron chi connectivity index (χ0n) is 13.1. The fraction of sp³-hybridized carbons (Fsp3) is 0.647. The Kier molecular flexibility index (Phi) is 4.19. The molecule has 1 unspecified atom stereocenters. The molecule has 1 aliphatic rings. The number of hydrogen-bond acceptors (Lipinski definition) is 2. The van der Waals surface area contributed by atoms with Crippen molar-refractivity contribution in [3.05, 3.63) is 29.3 Å². The Labute approximate surface area is 118 Å². The fourth-order valence-electron chi connectivity index (χ4n) is 3.05. The first-order valence-corrected chi connectivity index (χ1v) is 7.55. The third-order valence-electron chi connectivity index (χ3n) is 4.37. The first kappa shape index (κ1) is 14.4. The molecular formula is C17H28N2. The Morgan fingerprint density at radius 1 is 1.37 bits per heavy atom. The van der Waals surface area contributed by atoms with Crippen LogP contribution in [0.2, 0.25) is 0 Å². The Morgan fingerprint density at radius 3 is 2.79 bits per heavy atom. The molecule has 0 aliphatic carbocycles. The second-order valence-electron chi connectivity index (χ2n) is 6.47. The summed E-state index contributed by atoms with van der Waals surface area (Å²) in [4.78, 5) is 2.62. The lowest BCUT2D eigenvalue weighted by Crippen LogP contribution is -2.49. The van der Waals surface area contributed by atoms with Gasteiger partial charge in [-0.3, -0.25) is 0 Å². The number of hydrogen-bond donors (Lipinski definition) is 1. The summed E-state index contributed by atoms with van der Waals surface area (Å²) in [6, 6.07) is 7.31. The van der Waals surface area contributed by atoms with E-state index in [9.17, 15) is 0 Å². The van der Waals surface area contributed by atoms with E-state index in [0.29, 0.717) is 6.04 Å². The van der Waals surface area contributed by atoms with Gasteiger partial charge in [-0.1, -0.05) is 25.1 Å². The van der Waals surface area contributed by atoms with E-state index in [-0.39, 0.29) is 5.54 Å². The molecule has 1 aliphatic heterocycles. The van der Waals surface area contributed by atoms with Crippen LogP contribution < -0.4 is 10.2 Å². The highest BCUT2D eigenvalue weighted by atomic mass is 15.2. The molecule has 0 bridgehead atoms. The maximum atomic E-state index is 3.65. The van der Waals surface area contributed by atoms with E-state index in [4.69, 9.17) is 0 Å². The van der Waals surface area contributed by atoms with Crippen molar-refractivity contribution in [1.29, 1.82) is 0 Å². The third kappa shape index (κ3) is 2.94. The van der Waals surface area contributed by atoms with Crippen molar-refractivity contribution in [2.24, 2.45) is 0 Å². The van der Waals surface area contributed by atoms with E-state index in [1.165, 1.54) is 23.2 Å². The van der Waals surface area contributed by atoms with E-state index in [2.05, 4.69) is 63.0 Å². The number of aryl methyl sites for hydroxylation is 2. The molecule has 106 valence electrons. The molecular weight excluding hydrogens is 232 g/mol. The highest BCUT2D eigenvalue weighted by Crippen LogP contribution is 2.32. The smallest absolute Gasteiger partial charge is 0.0470 e. The molecule has 0 aromatic heterocycles. The summed E-state index contributed by atoms with van der Waals surface area (Å²) >= 11 is 0. The zero-order chi connectivity index (χ0) is 14.0. The summed E-state index contributed by atoms with van der Waals surface area (Å²) in [7, 11) is 0. The van der Waals surface area contributed by atoms with Gasteiger partial charge in [0.1, 0.15) is 0 Å². The van der Waals surface area contributed by atoms with Crippen LogP contribution in [0.3, 0.4) is 0 Å². The Balaban J connectivity index is 2.43. The number of benzene rings is 1. The van der Waals surface area contributed by atoms with Crippen LogP contribution in [0.25, 0.3) is 0 Å². The highest BCUT2D eigenvalue weighted by Gasteiger charge is 2.31. The maximum absolute atomic E-state index is 3.65. The van der Waals surface area contributed by atoms with Crippen LogP contribution in [0, 0.1) is 6.92 Å². The average Bonchev–Trinajstić information content (AvgIpc) is 2.49. The van der Waals surface area contributed by atoms with Gasteiger partial charge in [0.05, 0.1) is 0 Å². The first-order valence-electron chi connectivity index (χ1n) is 7.55. The van der Waals surface area contributed by atoms with E-state index in [1.54, 1.807) is 0 Å². The lowest BCUT2D eigenvalue weighted by molar-refractivity contribution is 0.446. The van der Waals surface area contributed by atoms with Gasteiger partial charge in [-0.05, 0) is 51.7 Å². The second-order valence-corrected chi connectivity index (χ2v) is 6.47. The number of anilines is 1. The van der Waals surface area contributed by atoms with E-state index < -0.39 is 0 Å². The molecule has 0 spiro atoms. The molecule has 2 rings (SSSR count). The van der Waals surface area contributed by atoms with Crippen LogP contribution >= 0.6 is 0 Å². The van der Waals surface area contributed by atoms with Crippen molar-refractivity contribution >= 4 is 5.69 Å². The average molecular weight is 260 g/mol. The normalized spacial score (nSPS) is 23.2. The van der Waals surface area contributed by atoms with Crippen LogP contribution in [0.15, 0.2) is 18.2 Å². The van der Waals surface area contributed by atoms with Crippen molar-refractivity contribution in [1.82, 2.24) is 5.32 Å². The molecule has 1 aromatic carbocycles. The topological polar surface area (TPSA) is 15.3 Å². The Morgan fingerprint density at radius 2 is 2.11 bits per heavy atom. The van der Waals surface area contributed by atoms with Gasteiger partial charge in [-0.15, -0.1) is 0 Å². The number of nitrogens with one attached hydrogen (secondary N) is 1. The number of para-hydroxylation sites is 1. The summed E-state index contributed by atoms with van der Waals surface area (Å²) < 4.78 is 0. The van der Waals surface area contributed by atoms with Gasteiger partial charge < -0.3 is 10.2 Å². The number of nitrogens with zero attached hydrogens (tertiary/aromatic N) is 1. The quantitative estimate of drug-likeness (QED) is 0.875. The third-order valence-corrected chi connectivity index (χ3v) is 4.37. The van der Waals surface area contributed by atoms with Gasteiger partial charge >= 0.3 is 0 Å². The molecule has 0 amide bonds. The molecule has 1 fully saturated rings. The molecule has 0 radical (unpaired) electrons. The highest BCUT2D eigenvalue weighted by molar-refractivity contribution is 5.61. The largest absolute Gasteiger partial charge is 0.365 e. The van der Waals surface area contributed by atoms with Crippen molar-refractivity contribution in [3.8, 4) is 0 Å². The van der Waals surface area contributed by atoms with Gasteiger partial charge in [0.15, 0.2) is 0 Å². The molecule has 1 aromatic rings. The summed E-state index contributed by atoms with van der Waals surface area (Å²) in [5, 5.41) is 3.65. The lowest BCUT2D eigenvalue weighted by Gasteiger charge is -2.41. The summed E-state index contributed by atoms with van der Waals surface area (Å²) in [6.07, 6.45) is 2.31. The summed E-state index contributed by atoms with van der Waals surface area (Å²) in [5.74, 6) is 0. The van der Waals surface area contributed by atoms with Crippen molar-refractivity contribution < 1.29 is 0 Å². The second kappa shape index (κ2) is 5.54. The van der Waals surface area contributed by atoms with Crippen molar-refractivity contribution in [2.45, 2.75) is 59.0 Å². The van der Waals surface area contributed by atoms with Crippen LogP contribution in [-0.2, 0) is 6.42 Å². The van der Waals surface area contributed by atoms with Crippen LogP contribution in [0.5, 0.6) is 0 Å². The van der Waals surface area contributed by atoms with Gasteiger partial charge in [0.2, 0.25) is 0 Å². The minimum Gasteiger partial charge on any atom is -0.365 e. The van der Waals surface area contributed by atoms with Crippen LogP contribution in [0.4, 0.5) is 5.69 Å². The Hall–Kier alpha value is -1.02. The Bertz CT molecular complexity index is 437. The van der Waals surface area contributed by atoms with Crippen LogP contribution in [0.1, 0.15) is 45.2 Å². The zero-order valence-corrected chi connectivity index (χ0v) is 13.1. The summed E-state index contributed by atoms with van der Waals surface area (Å²) in [6.45, 7) is 13.7. The minimum atomic E-state index is 0.167. The van der Waals surface area contributed by atoms with Crippen LogP contribution in [-0.4, -0.2) is 24.7 Å². The predicted molar refractivity (Wildman–Crippen MR) is 84.1 cm³/mol. The molecule has 2 heteroatoms. The van der Waals surface area contributed by atoms with E-state index in [0.717, 1.165) is 19.5 Å². The SMILES string of the molecule is CCc1cccc(C)c1N1CCC(C)NCC1(C)C. The van der Waals surface area contributed by atoms with E-state index >= 15 is 0 Å². The molecule has 1 atom stereocenters. The minimum absolute atomic E-state index is 0.167. The summed E-state index contributed by atoms with van der Waals surface area (Å²) in [5.41, 5.74) is 4.51. The molecule has 2 nitrogen and oxygen atoms in total. The van der Waals surface area contributed by atoms with Gasteiger partial charge in [-0.25, -0.2) is 0 Å². The first-order chi connectivity index (χ1) is 8.95. The van der Waals surface area contributed by atoms with Gasteiger partial charge in [-0.2, -0.15) is 0 Å². The van der Waals surface area contributed by atoms with Gasteiger partial charge in [0.25, 0.3) is 0 Å². The molecule has 1 heterocycles. The fourth-order valence-corrected chi connectivity index (χ4v) is 3.05. The molecule has 1 N–H and O–H groups in total. The molecule has 19 heavy (non-hydrogen) atoms. The number of rotatable bonds is 2. The van der Waals surface area contributed by atoms with Crippen molar-refractivity contribution in [2.75, 3.05) is 18.0 Å². The molecule has 0 saturated carbocycles. The van der Waals surface area contributed by atoms with Crippen molar-refractivity contribution in [3.63, 3.8) is 0 Å². The standard InChI is InChI=1S/C17H28N2/c1-6-15-9-7-8-13(2)16(15)19-11-10-14(3)18-12-17(19,4)5/h7-9,14,18H,6,10-12H2,1-5H3.